The molecule has 113 heavy (non-hydrogen) atoms. The van der Waals surface area contributed by atoms with Crippen molar-refractivity contribution >= 4 is 162 Å². The third-order valence-electron chi connectivity index (χ3n) is 19.3. The van der Waals surface area contributed by atoms with E-state index in [2.05, 4.69) is 116 Å². The van der Waals surface area contributed by atoms with Gasteiger partial charge in [0.1, 0.15) is 57.1 Å². The lowest BCUT2D eigenvalue weighted by molar-refractivity contribution is 0.0503. The summed E-state index contributed by atoms with van der Waals surface area (Å²) in [5, 5.41) is 54.3. The minimum Gasteiger partial charge on any atom is -0.442 e. The molecule has 0 aliphatic heterocycles. The van der Waals surface area contributed by atoms with Gasteiger partial charge in [0.05, 0.1) is 117 Å². The zero-order valence-corrected chi connectivity index (χ0v) is 71.4. The number of hydrogen-bond donors (Lipinski definition) is 3. The van der Waals surface area contributed by atoms with E-state index < -0.39 is 39.5 Å². The maximum absolute atomic E-state index is 12.5. The lowest BCUT2D eigenvalue weighted by atomic mass is 10.1. The predicted octanol–water partition coefficient (Wildman–Crippen LogP) is 19.0. The molecule has 30 nitrogen and oxygen atoms in total. The molecule has 0 amide bonds. The maximum atomic E-state index is 12.5. The first-order valence-electron chi connectivity index (χ1n) is 38.6. The van der Waals surface area contributed by atoms with E-state index in [-0.39, 0.29) is 0 Å². The second kappa shape index (κ2) is 35.6. The molecule has 12 aromatic heterocycles. The largest absolute Gasteiger partial charge is 0.442 e. The number of pyridine rings is 6. The number of carbonyl (C=O) groups is 2. The summed E-state index contributed by atoms with van der Waals surface area (Å²) in [6.45, 7) is 27.1. The Morgan fingerprint density at radius 2 is 0.956 bits per heavy atom. The van der Waals surface area contributed by atoms with Gasteiger partial charge in [-0.1, -0.05) is 112 Å². The Hall–Kier alpha value is -9.92. The molecule has 35 heteroatoms. The third kappa shape index (κ3) is 22.1. The molecule has 0 bridgehead atoms. The van der Waals surface area contributed by atoms with Gasteiger partial charge in [-0.2, -0.15) is 24.7 Å². The zero-order valence-electron chi connectivity index (χ0n) is 66.9. The number of nitrogens with one attached hydrogen (secondary N) is 3. The number of ether oxygens (including phenoxy) is 4. The van der Waals surface area contributed by atoms with E-state index in [0.29, 0.717) is 67.0 Å². The molecule has 0 unspecified atom stereocenters. The van der Waals surface area contributed by atoms with Crippen LogP contribution in [0.4, 0.5) is 76.6 Å². The summed E-state index contributed by atoms with van der Waals surface area (Å²) in [4.78, 5) is 61.2. The van der Waals surface area contributed by atoms with Crippen molar-refractivity contribution in [2.45, 2.75) is 199 Å². The minimum atomic E-state index is -1.23. The zero-order chi connectivity index (χ0) is 79.6. The van der Waals surface area contributed by atoms with Gasteiger partial charge in [0.15, 0.2) is 0 Å². The second-order valence-electron chi connectivity index (χ2n) is 33.2. The molecule has 3 saturated carbocycles. The molecule has 0 aromatic carbocycles. The SMILES string of the molecule is CC(C)(C)OC(=O)n1cc(Nc2cnc3ccc(N(COCC[Si](C)(C)C)c4nnc(C5CCCC5)s4)nc3c2)cn1.CN(c1cn[nH]c1)c1cnc2ccc(Nc3nnc(C4CCCC4)s3)nc2c1.CN(c1cnc2ccc(N(COCC[Si](C)(C)C)c3nnc(C4CCCC4)s3)nc2c1)c1cnn(C(=O)OC(C)(C)C)c1. The van der Waals surface area contributed by atoms with Gasteiger partial charge in [-0.3, -0.25) is 29.9 Å². The highest BCUT2D eigenvalue weighted by Gasteiger charge is 2.29. The lowest BCUT2D eigenvalue weighted by Crippen LogP contribution is -2.27. The van der Waals surface area contributed by atoms with E-state index in [1.165, 1.54) is 86.4 Å². The normalized spacial score (nSPS) is 14.5. The predicted molar refractivity (Wildman–Crippen MR) is 453 cm³/mol. The highest BCUT2D eigenvalue weighted by Crippen LogP contribution is 2.42. The number of nitrogens with zero attached hydrogens (tertiary/aromatic N) is 21. The molecule has 3 N–H and O–H groups in total. The van der Waals surface area contributed by atoms with Crippen LogP contribution in [0, 0.1) is 0 Å². The Morgan fingerprint density at radius 3 is 1.46 bits per heavy atom. The van der Waals surface area contributed by atoms with Crippen molar-refractivity contribution in [1.29, 1.82) is 0 Å². The van der Waals surface area contributed by atoms with Gasteiger partial charge in [0.2, 0.25) is 15.4 Å². The fourth-order valence-corrected chi connectivity index (χ4v) is 17.4. The van der Waals surface area contributed by atoms with Gasteiger partial charge < -0.3 is 39.4 Å². The van der Waals surface area contributed by atoms with Crippen molar-refractivity contribution in [1.82, 2.24) is 90.3 Å². The van der Waals surface area contributed by atoms with Crippen LogP contribution < -0.4 is 30.2 Å². The fourth-order valence-electron chi connectivity index (χ4n) is 13.0. The Bertz CT molecular complexity index is 5160. The molecule has 3 aliphatic carbocycles. The Morgan fingerprint density at radius 1 is 0.496 bits per heavy atom. The summed E-state index contributed by atoms with van der Waals surface area (Å²) in [6.07, 6.45) is 29.0. The Kier molecular flexibility index (Phi) is 25.6. The minimum absolute atomic E-state index is 0.345. The summed E-state index contributed by atoms with van der Waals surface area (Å²) in [7, 11) is 1.42. The summed E-state index contributed by atoms with van der Waals surface area (Å²) < 4.78 is 25.5. The molecule has 0 saturated heterocycles. The molecule has 596 valence electrons. The van der Waals surface area contributed by atoms with E-state index in [0.717, 1.165) is 105 Å². The van der Waals surface area contributed by atoms with Gasteiger partial charge in [0, 0.05) is 67.4 Å². The van der Waals surface area contributed by atoms with Crippen molar-refractivity contribution < 1.29 is 28.5 Å². The highest BCUT2D eigenvalue weighted by molar-refractivity contribution is 7.16. The van der Waals surface area contributed by atoms with E-state index in [4.69, 9.17) is 33.9 Å². The van der Waals surface area contributed by atoms with Crippen LogP contribution >= 0.6 is 34.0 Å². The molecular weight excluding hydrogens is 1520 g/mol. The maximum Gasteiger partial charge on any atom is 0.435 e. The Balaban J connectivity index is 0.000000151. The van der Waals surface area contributed by atoms with Crippen LogP contribution in [0.25, 0.3) is 33.1 Å². The topological polar surface area (TPSA) is 327 Å². The van der Waals surface area contributed by atoms with Crippen LogP contribution in [0.2, 0.25) is 51.4 Å². The van der Waals surface area contributed by atoms with E-state index >= 15 is 0 Å². The van der Waals surface area contributed by atoms with E-state index in [9.17, 15) is 9.59 Å². The van der Waals surface area contributed by atoms with Crippen molar-refractivity contribution in [3.8, 4) is 0 Å². The van der Waals surface area contributed by atoms with E-state index in [1.807, 2.05) is 142 Å². The summed E-state index contributed by atoms with van der Waals surface area (Å²) in [6, 6.07) is 19.8. The fraction of sp³-hybridized carbons (Fsp3) is 0.474. The molecular formula is C78H102N24O6S3Si2. The molecule has 15 rings (SSSR count). The van der Waals surface area contributed by atoms with Crippen LogP contribution in [0.3, 0.4) is 0 Å². The summed E-state index contributed by atoms with van der Waals surface area (Å²) >= 11 is 4.90. The van der Waals surface area contributed by atoms with Crippen molar-refractivity contribution in [3.05, 3.63) is 125 Å². The molecule has 0 radical (unpaired) electrons. The monoisotopic (exact) mass is 1620 g/mol. The second-order valence-corrected chi connectivity index (χ2v) is 47.4. The first kappa shape index (κ1) is 81.1. The average molecular weight is 1620 g/mol. The highest BCUT2D eigenvalue weighted by atomic mass is 32.1. The van der Waals surface area contributed by atoms with Gasteiger partial charge in [-0.05, 0) is 147 Å². The van der Waals surface area contributed by atoms with Gasteiger partial charge in [0.25, 0.3) is 0 Å². The number of carbonyl (C=O) groups excluding carboxylic acids is 2. The first-order valence-corrected chi connectivity index (χ1v) is 48.5. The summed E-state index contributed by atoms with van der Waals surface area (Å²) in [5.41, 5.74) is 8.19. The quantitative estimate of drug-likeness (QED) is 0.0272. The first-order chi connectivity index (χ1) is 54.1. The van der Waals surface area contributed by atoms with Crippen LogP contribution in [-0.4, -0.2) is 171 Å². The van der Waals surface area contributed by atoms with Crippen molar-refractivity contribution in [3.63, 3.8) is 0 Å². The number of fused-ring (bicyclic) bond motifs is 3. The van der Waals surface area contributed by atoms with E-state index in [1.54, 1.807) is 77.4 Å². The standard InChI is InChI=1S/C30H42N8O3SSi.C29H40N8O3SSi.C19H20N8S/c1-30(2,3)41-29(39)38-19-23(18-32-38)36(4)22-16-25-24(31-17-22)12-13-26(33-25)37(20-40-14-15-43(5,6)7)28-35-34-27(42-28)21-10-8-9-11-21;1-29(2,3)40-28(38)37-18-22(17-31-37)32-21-15-24-23(30-16-21)11-12-25(33-24)36(19-39-13-14-42(4,5)6)27-35-34-26(41-27)20-9-7-8-10-20;1-27(14-10-21-22-11-14)13-8-16-15(20-9-13)6-7-17(23-16)24-19-26-25-18(28-19)12-4-2-3-5-12/h12-13,16-19,21H,8-11,14-15,20H2,1-7H3;11-12,15-18,20,32H,7-10,13-14,19H2,1-6H3;6-12H,2-5H2,1H3,(H,21,22)(H,23,24,26). The molecule has 0 atom stereocenters. The number of rotatable bonds is 25. The number of aromatic amines is 1. The number of hydrogen-bond acceptors (Lipinski definition) is 30. The molecule has 12 heterocycles. The smallest absolute Gasteiger partial charge is 0.435 e. The Labute approximate surface area is 672 Å². The van der Waals surface area contributed by atoms with Crippen molar-refractivity contribution in [2.24, 2.45) is 0 Å². The van der Waals surface area contributed by atoms with Gasteiger partial charge in [-0.25, -0.2) is 24.5 Å². The number of aromatic nitrogens is 18. The van der Waals surface area contributed by atoms with Gasteiger partial charge >= 0.3 is 12.2 Å². The van der Waals surface area contributed by atoms with Crippen LogP contribution in [-0.2, 0) is 18.9 Å². The number of H-pyrrole nitrogens is 1. The third-order valence-corrected chi connectivity index (χ3v) is 25.9. The van der Waals surface area contributed by atoms with Crippen LogP contribution in [0.1, 0.15) is 151 Å². The molecule has 0 spiro atoms. The number of anilines is 12. The lowest BCUT2D eigenvalue weighted by Gasteiger charge is -2.22. The van der Waals surface area contributed by atoms with Crippen LogP contribution in [0.15, 0.2) is 110 Å². The van der Waals surface area contributed by atoms with Crippen molar-refractivity contribution in [2.75, 3.05) is 71.0 Å². The summed E-state index contributed by atoms with van der Waals surface area (Å²) in [5.74, 6) is 3.75. The molecule has 12 aromatic rings. The average Bonchev–Trinajstić information content (AvgIpc) is 1.79. The van der Waals surface area contributed by atoms with Gasteiger partial charge in [-0.15, -0.1) is 30.6 Å². The molecule has 3 fully saturated rings. The van der Waals surface area contributed by atoms with Crippen LogP contribution in [0.5, 0.6) is 0 Å². The molecule has 3 aliphatic rings.